The summed E-state index contributed by atoms with van der Waals surface area (Å²) in [5.41, 5.74) is 0. The van der Waals surface area contributed by atoms with Gasteiger partial charge in [-0.15, -0.1) is 12.4 Å². The van der Waals surface area contributed by atoms with Crippen molar-refractivity contribution in [2.45, 2.75) is 0 Å². The van der Waals surface area contributed by atoms with Crippen LogP contribution in [0.4, 0.5) is 0 Å². The number of rotatable bonds is 0. The van der Waals surface area contributed by atoms with Gasteiger partial charge >= 0.3 is 17.1 Å². The molecule has 0 saturated heterocycles. The van der Waals surface area contributed by atoms with E-state index in [1.807, 2.05) is 0 Å². The van der Waals surface area contributed by atoms with Crippen LogP contribution >= 0.6 is 12.4 Å². The summed E-state index contributed by atoms with van der Waals surface area (Å²) < 4.78 is 0. The van der Waals surface area contributed by atoms with Crippen LogP contribution in [0, 0.1) is 0 Å². The molecule has 0 radical (unpaired) electrons. The topological polar surface area (TPSA) is 0 Å². The third kappa shape index (κ3) is 10.0. The van der Waals surface area contributed by atoms with E-state index >= 15 is 0 Å². The van der Waals surface area contributed by atoms with E-state index in [0.29, 0.717) is 0 Å². The Hall–Kier alpha value is 1.39. The van der Waals surface area contributed by atoms with Crippen molar-refractivity contribution in [3.8, 4) is 0 Å². The molecule has 0 rings (SSSR count). The molecule has 0 nitrogen and oxygen atoms in total. The molecule has 0 amide bonds. The molecule has 0 aromatic carbocycles. The second-order valence-electron chi connectivity index (χ2n) is 0. The second-order valence-corrected chi connectivity index (χ2v) is 0. The molecule has 0 spiro atoms. The maximum atomic E-state index is 0. The fraction of sp³-hybridized carbons (Fsp3) is 0. The van der Waals surface area contributed by atoms with Crippen LogP contribution in [0.3, 0.4) is 0 Å². The zero-order chi connectivity index (χ0) is 0. The first-order chi connectivity index (χ1) is 0. The molecule has 0 aliphatic heterocycles. The Bertz CT molecular complexity index is 3.25. The third-order valence-corrected chi connectivity index (χ3v) is 0. The zero-order valence-corrected chi connectivity index (χ0v) is 4.95. The van der Waals surface area contributed by atoms with Crippen molar-refractivity contribution in [3.63, 3.8) is 0 Å². The summed E-state index contributed by atoms with van der Waals surface area (Å²) in [6.45, 7) is 0. The van der Waals surface area contributed by atoms with Crippen molar-refractivity contribution in [3.05, 3.63) is 0 Å². The summed E-state index contributed by atoms with van der Waals surface area (Å²) in [6.07, 6.45) is 0. The molecule has 0 aromatic heterocycles. The molecule has 0 fully saturated rings. The van der Waals surface area contributed by atoms with Gasteiger partial charge in [0, 0.05) is 0 Å². The van der Waals surface area contributed by atoms with E-state index in [1.165, 1.54) is 0 Å². The smallest absolute Gasteiger partial charge is 1.00 e. The standard InChI is InChI=1S/3ClH.Fe/h3*1H;/q;;;+2/p-2. The van der Waals surface area contributed by atoms with E-state index in [2.05, 4.69) is 0 Å². The molecule has 0 N–H and O–H groups in total. The van der Waals surface area contributed by atoms with E-state index in [0.717, 1.165) is 0 Å². The Kier molecular flexibility index (Phi) is 351. The first kappa shape index (κ1) is 53.8. The van der Waals surface area contributed by atoms with Crippen LogP contribution in [-0.2, 0) is 17.1 Å². The van der Waals surface area contributed by atoms with Crippen molar-refractivity contribution in [1.29, 1.82) is 0 Å². The molecule has 0 atom stereocenters. The number of hydrogen-bond donors (Lipinski definition) is 0. The van der Waals surface area contributed by atoms with Gasteiger partial charge in [-0.1, -0.05) is 0 Å². The predicted octanol–water partition coefficient (Wildman–Crippen LogP) is -5.57. The summed E-state index contributed by atoms with van der Waals surface area (Å²) in [4.78, 5) is 0. The summed E-state index contributed by atoms with van der Waals surface area (Å²) in [5, 5.41) is 0. The minimum atomic E-state index is 0. The van der Waals surface area contributed by atoms with Crippen LogP contribution in [0.25, 0.3) is 0 Å². The summed E-state index contributed by atoms with van der Waals surface area (Å²) in [7, 11) is 0. The quantitative estimate of drug-likeness (QED) is 0.312. The van der Waals surface area contributed by atoms with Gasteiger partial charge in [-0.2, -0.15) is 0 Å². The number of hydrogen-bond acceptors (Lipinski definition) is 0. The van der Waals surface area contributed by atoms with Gasteiger partial charge < -0.3 is 24.8 Å². The van der Waals surface area contributed by atoms with E-state index in [4.69, 9.17) is 0 Å². The summed E-state index contributed by atoms with van der Waals surface area (Å²) >= 11 is 0. The molecule has 0 aliphatic rings. The van der Waals surface area contributed by atoms with E-state index in [1.54, 1.807) is 0 Å². The van der Waals surface area contributed by atoms with Crippen molar-refractivity contribution < 1.29 is 41.9 Å². The largest absolute Gasteiger partial charge is 2.00 e. The van der Waals surface area contributed by atoms with Gasteiger partial charge in [0.15, 0.2) is 0 Å². The van der Waals surface area contributed by atoms with Gasteiger partial charge in [-0.05, 0) is 0 Å². The molecule has 4 heavy (non-hydrogen) atoms. The Labute approximate surface area is 54.4 Å². The van der Waals surface area contributed by atoms with Crippen molar-refractivity contribution in [1.82, 2.24) is 0 Å². The average Bonchev–Trinajstić information content (AvgIpc) is 0. The van der Waals surface area contributed by atoms with Gasteiger partial charge in [-0.3, -0.25) is 0 Å². The van der Waals surface area contributed by atoms with E-state index in [-0.39, 0.29) is 54.3 Å². The molecule has 0 aliphatic carbocycles. The summed E-state index contributed by atoms with van der Waals surface area (Å²) in [5.74, 6) is 0. The second kappa shape index (κ2) is 26.1. The van der Waals surface area contributed by atoms with Crippen LogP contribution in [-0.4, -0.2) is 0 Å². The average molecular weight is 163 g/mol. The maximum Gasteiger partial charge on any atom is 2.00 e. The van der Waals surface area contributed by atoms with Gasteiger partial charge in [-0.25, -0.2) is 0 Å². The molecular formula is HCl3Fe. The van der Waals surface area contributed by atoms with E-state index < -0.39 is 0 Å². The first-order valence-corrected chi connectivity index (χ1v) is 0. The van der Waals surface area contributed by atoms with Crippen LogP contribution in [0.2, 0.25) is 0 Å². The van der Waals surface area contributed by atoms with E-state index in [9.17, 15) is 0 Å². The van der Waals surface area contributed by atoms with Gasteiger partial charge in [0.1, 0.15) is 0 Å². The Morgan fingerprint density at radius 2 is 0.750 bits per heavy atom. The Balaban J connectivity index is 0. The normalized spacial score (nSPS) is 0. The minimum absolute atomic E-state index is 0. The third-order valence-electron chi connectivity index (χ3n) is 0. The molecule has 0 heterocycles. The zero-order valence-electron chi connectivity index (χ0n) is 1.52. The number of halogens is 3. The fourth-order valence-electron chi connectivity index (χ4n) is 0. The minimum Gasteiger partial charge on any atom is -1.00 e. The van der Waals surface area contributed by atoms with Crippen LogP contribution in [0.5, 0.6) is 0 Å². The van der Waals surface area contributed by atoms with Gasteiger partial charge in [0.25, 0.3) is 0 Å². The molecule has 0 aromatic rings. The first-order valence-electron chi connectivity index (χ1n) is 0. The molecule has 0 unspecified atom stereocenters. The summed E-state index contributed by atoms with van der Waals surface area (Å²) in [6, 6.07) is 0. The Morgan fingerprint density at radius 1 is 0.750 bits per heavy atom. The molecular weight excluding hydrogens is 162 g/mol. The fourth-order valence-corrected chi connectivity index (χ4v) is 0. The predicted molar refractivity (Wildman–Crippen MR) is 7.25 cm³/mol. The molecule has 0 bridgehead atoms. The van der Waals surface area contributed by atoms with Crippen molar-refractivity contribution >= 4 is 12.4 Å². The SMILES string of the molecule is Cl.[Cl-].[Cl-].[Fe+2]. The van der Waals surface area contributed by atoms with Gasteiger partial charge in [0.05, 0.1) is 0 Å². The maximum absolute atomic E-state index is 0. The Morgan fingerprint density at radius 3 is 0.750 bits per heavy atom. The molecule has 30 valence electrons. The van der Waals surface area contributed by atoms with Crippen LogP contribution in [0.15, 0.2) is 0 Å². The molecule has 4 heteroatoms. The monoisotopic (exact) mass is 162 g/mol. The van der Waals surface area contributed by atoms with Crippen LogP contribution in [0.1, 0.15) is 0 Å². The molecule has 0 saturated carbocycles. The van der Waals surface area contributed by atoms with Crippen molar-refractivity contribution in [2.24, 2.45) is 0 Å². The van der Waals surface area contributed by atoms with Crippen molar-refractivity contribution in [2.75, 3.05) is 0 Å². The van der Waals surface area contributed by atoms with Gasteiger partial charge in [0.2, 0.25) is 0 Å². The van der Waals surface area contributed by atoms with Crippen LogP contribution < -0.4 is 24.8 Å².